The summed E-state index contributed by atoms with van der Waals surface area (Å²) in [7, 11) is 1.30. The van der Waals surface area contributed by atoms with E-state index in [0.717, 1.165) is 10.0 Å². The first-order chi connectivity index (χ1) is 12.1. The van der Waals surface area contributed by atoms with Gasteiger partial charge in [0.25, 0.3) is 0 Å². The Balaban J connectivity index is 2.01. The molecule has 0 saturated carbocycles. The van der Waals surface area contributed by atoms with Gasteiger partial charge in [0.1, 0.15) is 0 Å². The number of amides is 1. The summed E-state index contributed by atoms with van der Waals surface area (Å²) >= 11 is 3.36. The number of ether oxygens (including phenoxy) is 1. The van der Waals surface area contributed by atoms with Gasteiger partial charge in [0, 0.05) is 39.1 Å². The highest BCUT2D eigenvalue weighted by atomic mass is 79.9. The van der Waals surface area contributed by atoms with Gasteiger partial charge in [0.2, 0.25) is 0 Å². The fraction of sp³-hybridized carbons (Fsp3) is 0.0526. The van der Waals surface area contributed by atoms with Gasteiger partial charge in [0.05, 0.1) is 12.8 Å². The zero-order chi connectivity index (χ0) is 17.8. The van der Waals surface area contributed by atoms with Gasteiger partial charge in [-0.05, 0) is 30.3 Å². The Labute approximate surface area is 153 Å². The number of para-hydroxylation sites is 1. The lowest BCUT2D eigenvalue weighted by molar-refractivity contribution is 0.103. The van der Waals surface area contributed by atoms with Crippen molar-refractivity contribution < 1.29 is 14.3 Å². The van der Waals surface area contributed by atoms with E-state index in [1.165, 1.54) is 7.11 Å². The summed E-state index contributed by atoms with van der Waals surface area (Å²) < 4.78 is 5.56. The number of benzene rings is 2. The average Bonchev–Trinajstić information content (AvgIpc) is 3.11. The van der Waals surface area contributed by atoms with Crippen LogP contribution in [0.4, 0.5) is 10.5 Å². The van der Waals surface area contributed by atoms with Crippen molar-refractivity contribution in [1.29, 1.82) is 0 Å². The van der Waals surface area contributed by atoms with Crippen LogP contribution in [0.15, 0.2) is 65.4 Å². The van der Waals surface area contributed by atoms with Crippen LogP contribution in [0.1, 0.15) is 15.9 Å². The largest absolute Gasteiger partial charge is 0.453 e. The molecule has 6 heteroatoms. The average molecular weight is 399 g/mol. The third kappa shape index (κ3) is 3.64. The van der Waals surface area contributed by atoms with E-state index in [9.17, 15) is 9.59 Å². The molecule has 2 N–H and O–H groups in total. The lowest BCUT2D eigenvalue weighted by Crippen LogP contribution is -2.12. The van der Waals surface area contributed by atoms with Gasteiger partial charge in [-0.2, -0.15) is 0 Å². The molecule has 0 bridgehead atoms. The molecule has 5 nitrogen and oxygen atoms in total. The monoisotopic (exact) mass is 398 g/mol. The first-order valence-corrected chi connectivity index (χ1v) is 8.31. The molecule has 25 heavy (non-hydrogen) atoms. The van der Waals surface area contributed by atoms with Gasteiger partial charge >= 0.3 is 6.09 Å². The minimum absolute atomic E-state index is 0.100. The van der Waals surface area contributed by atoms with Crippen molar-refractivity contribution in [3.05, 3.63) is 76.5 Å². The second kappa shape index (κ2) is 7.36. The minimum Gasteiger partial charge on any atom is -0.453 e. The standard InChI is InChI=1S/C19H15BrN2O3/c1-25-19(24)22-17-5-3-2-4-14(17)15-10-21-11-16(15)18(23)12-6-8-13(20)9-7-12/h2-11,21H,1H3,(H,22,24). The molecule has 2 aromatic carbocycles. The van der Waals surface area contributed by atoms with Crippen molar-refractivity contribution in [2.45, 2.75) is 0 Å². The number of H-pyrrole nitrogens is 1. The Bertz CT molecular complexity index is 916. The summed E-state index contributed by atoms with van der Waals surface area (Å²) in [6.45, 7) is 0. The quantitative estimate of drug-likeness (QED) is 0.616. The lowest BCUT2D eigenvalue weighted by Gasteiger charge is -2.11. The maximum absolute atomic E-state index is 12.9. The number of aromatic amines is 1. The summed E-state index contributed by atoms with van der Waals surface area (Å²) in [5, 5.41) is 2.67. The molecule has 0 aliphatic heterocycles. The Morgan fingerprint density at radius 1 is 1.00 bits per heavy atom. The van der Waals surface area contributed by atoms with E-state index in [-0.39, 0.29) is 5.78 Å². The molecule has 0 atom stereocenters. The van der Waals surface area contributed by atoms with Gasteiger partial charge in [-0.3, -0.25) is 10.1 Å². The number of carbonyl (C=O) groups excluding carboxylic acids is 2. The van der Waals surface area contributed by atoms with Crippen LogP contribution >= 0.6 is 15.9 Å². The molecule has 0 fully saturated rings. The van der Waals surface area contributed by atoms with E-state index in [2.05, 4.69) is 31.0 Å². The van der Waals surface area contributed by atoms with Crippen LogP contribution in [0.3, 0.4) is 0 Å². The molecule has 1 heterocycles. The zero-order valence-corrected chi connectivity index (χ0v) is 15.0. The van der Waals surface area contributed by atoms with Crippen LogP contribution in [-0.4, -0.2) is 24.0 Å². The van der Waals surface area contributed by atoms with Gasteiger partial charge in [-0.25, -0.2) is 4.79 Å². The van der Waals surface area contributed by atoms with Crippen molar-refractivity contribution in [2.75, 3.05) is 12.4 Å². The molecule has 0 radical (unpaired) electrons. The first kappa shape index (κ1) is 17.0. The van der Waals surface area contributed by atoms with Gasteiger partial charge in [-0.15, -0.1) is 0 Å². The summed E-state index contributed by atoms with van der Waals surface area (Å²) in [6.07, 6.45) is 2.84. The lowest BCUT2D eigenvalue weighted by atomic mass is 9.97. The minimum atomic E-state index is -0.566. The number of carbonyl (C=O) groups is 2. The van der Waals surface area contributed by atoms with Crippen molar-refractivity contribution >= 4 is 33.5 Å². The maximum atomic E-state index is 12.9. The number of nitrogens with one attached hydrogen (secondary N) is 2. The number of aromatic nitrogens is 1. The fourth-order valence-corrected chi connectivity index (χ4v) is 2.78. The smallest absolute Gasteiger partial charge is 0.411 e. The molecular weight excluding hydrogens is 384 g/mol. The van der Waals surface area contributed by atoms with Crippen LogP contribution in [0, 0.1) is 0 Å². The second-order valence-corrected chi connectivity index (χ2v) is 6.20. The van der Waals surface area contributed by atoms with E-state index in [1.54, 1.807) is 36.7 Å². The molecule has 0 spiro atoms. The normalized spacial score (nSPS) is 10.3. The maximum Gasteiger partial charge on any atom is 0.411 e. The first-order valence-electron chi connectivity index (χ1n) is 7.51. The van der Waals surface area contributed by atoms with Crippen molar-refractivity contribution in [2.24, 2.45) is 0 Å². The molecule has 0 aliphatic carbocycles. The second-order valence-electron chi connectivity index (χ2n) is 5.28. The van der Waals surface area contributed by atoms with E-state index in [4.69, 9.17) is 0 Å². The fourth-order valence-electron chi connectivity index (χ4n) is 2.52. The van der Waals surface area contributed by atoms with Crippen LogP contribution in [0.5, 0.6) is 0 Å². The third-order valence-corrected chi connectivity index (χ3v) is 4.26. The Kier molecular flexibility index (Phi) is 5.00. The number of rotatable bonds is 4. The van der Waals surface area contributed by atoms with Crippen molar-refractivity contribution in [1.82, 2.24) is 4.98 Å². The van der Waals surface area contributed by atoms with E-state index in [1.807, 2.05) is 24.3 Å². The summed E-state index contributed by atoms with van der Waals surface area (Å²) in [5.41, 5.74) is 3.12. The molecule has 3 rings (SSSR count). The highest BCUT2D eigenvalue weighted by molar-refractivity contribution is 9.10. The van der Waals surface area contributed by atoms with Gasteiger partial charge in [0.15, 0.2) is 5.78 Å². The number of hydrogen-bond donors (Lipinski definition) is 2. The number of ketones is 1. The van der Waals surface area contributed by atoms with E-state index in [0.29, 0.717) is 22.4 Å². The molecule has 0 saturated heterocycles. The van der Waals surface area contributed by atoms with Crippen molar-refractivity contribution in [3.8, 4) is 11.1 Å². The molecule has 126 valence electrons. The number of anilines is 1. The SMILES string of the molecule is COC(=O)Nc1ccccc1-c1c[nH]cc1C(=O)c1ccc(Br)cc1. The van der Waals surface area contributed by atoms with E-state index >= 15 is 0 Å². The van der Waals surface area contributed by atoms with Crippen LogP contribution in [0.2, 0.25) is 0 Å². The topological polar surface area (TPSA) is 71.2 Å². The molecule has 1 aromatic heterocycles. The summed E-state index contributed by atoms with van der Waals surface area (Å²) in [4.78, 5) is 27.4. The Morgan fingerprint density at radius 3 is 2.44 bits per heavy atom. The molecule has 3 aromatic rings. The van der Waals surface area contributed by atoms with Gasteiger partial charge < -0.3 is 9.72 Å². The molecule has 0 aliphatic rings. The van der Waals surface area contributed by atoms with Crippen LogP contribution in [-0.2, 0) is 4.74 Å². The molecule has 1 amide bonds. The molecular formula is C19H15BrN2O3. The van der Waals surface area contributed by atoms with E-state index < -0.39 is 6.09 Å². The van der Waals surface area contributed by atoms with Crippen LogP contribution < -0.4 is 5.32 Å². The number of methoxy groups -OCH3 is 1. The van der Waals surface area contributed by atoms with Crippen molar-refractivity contribution in [3.63, 3.8) is 0 Å². The number of halogens is 1. The highest BCUT2D eigenvalue weighted by Crippen LogP contribution is 2.32. The summed E-state index contributed by atoms with van der Waals surface area (Å²) in [5.74, 6) is -0.100. The highest BCUT2D eigenvalue weighted by Gasteiger charge is 2.18. The summed E-state index contributed by atoms with van der Waals surface area (Å²) in [6, 6.07) is 14.4. The Morgan fingerprint density at radius 2 is 1.72 bits per heavy atom. The zero-order valence-electron chi connectivity index (χ0n) is 13.4. The predicted octanol–water partition coefficient (Wildman–Crippen LogP) is 4.85. The number of hydrogen-bond acceptors (Lipinski definition) is 3. The predicted molar refractivity (Wildman–Crippen MR) is 99.8 cm³/mol. The van der Waals surface area contributed by atoms with Gasteiger partial charge in [-0.1, -0.05) is 34.1 Å². The third-order valence-electron chi connectivity index (χ3n) is 3.74. The molecule has 0 unspecified atom stereocenters. The Hall–Kier alpha value is -2.86. The van der Waals surface area contributed by atoms with Crippen LogP contribution in [0.25, 0.3) is 11.1 Å².